The third-order valence-corrected chi connectivity index (χ3v) is 3.23. The zero-order chi connectivity index (χ0) is 7.84. The Bertz CT molecular complexity index is 287. The Morgan fingerprint density at radius 2 is 2.55 bits per heavy atom. The second-order valence-electron chi connectivity index (χ2n) is 2.77. The van der Waals surface area contributed by atoms with Crippen molar-refractivity contribution in [1.29, 1.82) is 0 Å². The minimum atomic E-state index is 0.404. The second-order valence-corrected chi connectivity index (χ2v) is 3.77. The molecule has 1 aliphatic heterocycles. The third-order valence-electron chi connectivity index (χ3n) is 1.89. The van der Waals surface area contributed by atoms with Crippen LogP contribution in [0.5, 0.6) is 5.75 Å². The Morgan fingerprint density at radius 1 is 1.73 bits per heavy atom. The molecule has 0 aliphatic carbocycles. The number of rotatable bonds is 0. The number of fused-ring (bicyclic) bond motifs is 1. The Hall–Kier alpha value is -0.700. The Kier molecular flexibility index (Phi) is 1.53. The van der Waals surface area contributed by atoms with Gasteiger partial charge in [0.15, 0.2) is 18.0 Å². The molecule has 0 radical (unpaired) electrons. The van der Waals surface area contributed by atoms with E-state index < -0.39 is 0 Å². The van der Waals surface area contributed by atoms with E-state index in [1.165, 1.54) is 0 Å². The Morgan fingerprint density at radius 3 is 3.27 bits per heavy atom. The van der Waals surface area contributed by atoms with E-state index in [0.29, 0.717) is 11.8 Å². The highest BCUT2D eigenvalue weighted by Gasteiger charge is 2.29. The van der Waals surface area contributed by atoms with Gasteiger partial charge in [-0.15, -0.1) is 0 Å². The first-order valence-corrected chi connectivity index (χ1v) is 4.63. The summed E-state index contributed by atoms with van der Waals surface area (Å²) in [5, 5.41) is 10.4. The molecular weight excluding hydrogens is 158 g/mol. The van der Waals surface area contributed by atoms with Crippen molar-refractivity contribution in [3.05, 3.63) is 18.3 Å². The van der Waals surface area contributed by atoms with Crippen LogP contribution in [-0.4, -0.2) is 10.9 Å². The molecule has 0 saturated heterocycles. The van der Waals surface area contributed by atoms with Crippen molar-refractivity contribution in [2.45, 2.75) is 18.0 Å². The van der Waals surface area contributed by atoms with Gasteiger partial charge >= 0.3 is 0 Å². The summed E-state index contributed by atoms with van der Waals surface area (Å²) in [6, 6.07) is 4.13. The first-order chi connectivity index (χ1) is 5.29. The molecule has 2 rings (SSSR count). The fraction of sp³-hybridized carbons (Fsp3) is 0.375. The number of thioether (sulfide) groups is 1. The predicted molar refractivity (Wildman–Crippen MR) is 43.7 cm³/mol. The number of nitrogens with zero attached hydrogens (tertiary/aromatic N) is 1. The van der Waals surface area contributed by atoms with Gasteiger partial charge in [0.2, 0.25) is 0 Å². The molecular formula is C8H10NOS+. The summed E-state index contributed by atoms with van der Waals surface area (Å²) in [6.45, 7) is 2.16. The van der Waals surface area contributed by atoms with Crippen molar-refractivity contribution in [2.24, 2.45) is 0 Å². The van der Waals surface area contributed by atoms with Crippen LogP contribution >= 0.6 is 11.8 Å². The highest BCUT2D eigenvalue weighted by atomic mass is 32.2. The molecule has 1 N–H and O–H groups in total. The first-order valence-electron chi connectivity index (χ1n) is 3.65. The molecule has 1 aromatic heterocycles. The largest absolute Gasteiger partial charge is 0.502 e. The molecule has 11 heavy (non-hydrogen) atoms. The molecule has 58 valence electrons. The minimum absolute atomic E-state index is 0.404. The predicted octanol–water partition coefficient (Wildman–Crippen LogP) is 1.35. The second kappa shape index (κ2) is 2.41. The van der Waals surface area contributed by atoms with Crippen LogP contribution in [0.4, 0.5) is 0 Å². The molecule has 0 amide bonds. The highest BCUT2D eigenvalue weighted by molar-refractivity contribution is 7.99. The van der Waals surface area contributed by atoms with Gasteiger partial charge in [0, 0.05) is 6.07 Å². The quantitative estimate of drug-likeness (QED) is 0.591. The lowest BCUT2D eigenvalue weighted by Gasteiger charge is -1.96. The van der Waals surface area contributed by atoms with E-state index in [1.54, 1.807) is 17.8 Å². The van der Waals surface area contributed by atoms with Crippen LogP contribution in [0.1, 0.15) is 13.0 Å². The monoisotopic (exact) mass is 168 g/mol. The van der Waals surface area contributed by atoms with Crippen molar-refractivity contribution >= 4 is 11.8 Å². The van der Waals surface area contributed by atoms with Crippen molar-refractivity contribution in [3.8, 4) is 5.75 Å². The van der Waals surface area contributed by atoms with E-state index in [0.717, 1.165) is 10.8 Å². The van der Waals surface area contributed by atoms with E-state index in [4.69, 9.17) is 0 Å². The molecule has 0 spiro atoms. The molecule has 0 aromatic carbocycles. The topological polar surface area (TPSA) is 24.1 Å². The molecule has 1 unspecified atom stereocenters. The number of hydrogen-bond acceptors (Lipinski definition) is 2. The molecule has 2 nitrogen and oxygen atoms in total. The minimum Gasteiger partial charge on any atom is -0.502 e. The molecule has 0 bridgehead atoms. The summed E-state index contributed by atoms with van der Waals surface area (Å²) in [5.74, 6) is 1.47. The zero-order valence-corrected chi connectivity index (χ0v) is 7.14. The molecule has 1 aromatic rings. The maximum absolute atomic E-state index is 9.41. The van der Waals surface area contributed by atoms with Crippen LogP contribution in [0.15, 0.2) is 23.4 Å². The molecule has 0 fully saturated rings. The Labute approximate surface area is 69.9 Å². The molecule has 1 atom stereocenters. The number of aromatic hydroxyl groups is 1. The summed E-state index contributed by atoms with van der Waals surface area (Å²) < 4.78 is 2.11. The summed E-state index contributed by atoms with van der Waals surface area (Å²) in [7, 11) is 0. The normalized spacial score (nSPS) is 21.7. The Balaban J connectivity index is 2.57. The van der Waals surface area contributed by atoms with Gasteiger partial charge in [-0.3, -0.25) is 0 Å². The summed E-state index contributed by atoms with van der Waals surface area (Å²) in [6.07, 6.45) is 2.01. The van der Waals surface area contributed by atoms with Gasteiger partial charge < -0.3 is 5.11 Å². The van der Waals surface area contributed by atoms with E-state index in [1.807, 2.05) is 12.3 Å². The lowest BCUT2D eigenvalue weighted by Crippen LogP contribution is -2.35. The van der Waals surface area contributed by atoms with E-state index in [2.05, 4.69) is 11.5 Å². The summed E-state index contributed by atoms with van der Waals surface area (Å²) >= 11 is 1.72. The van der Waals surface area contributed by atoms with Crippen LogP contribution in [0, 0.1) is 0 Å². The van der Waals surface area contributed by atoms with Crippen LogP contribution < -0.4 is 4.57 Å². The van der Waals surface area contributed by atoms with Crippen molar-refractivity contribution in [1.82, 2.24) is 0 Å². The smallest absolute Gasteiger partial charge is 0.282 e. The zero-order valence-electron chi connectivity index (χ0n) is 6.32. The number of pyridine rings is 1. The maximum atomic E-state index is 9.41. The van der Waals surface area contributed by atoms with Gasteiger partial charge in [0.25, 0.3) is 5.03 Å². The molecule has 2 heterocycles. The van der Waals surface area contributed by atoms with E-state index in [9.17, 15) is 5.11 Å². The van der Waals surface area contributed by atoms with Gasteiger partial charge in [-0.1, -0.05) is 0 Å². The lowest BCUT2D eigenvalue weighted by atomic mass is 10.3. The number of aromatic nitrogens is 1. The van der Waals surface area contributed by atoms with Crippen molar-refractivity contribution in [2.75, 3.05) is 5.75 Å². The van der Waals surface area contributed by atoms with Gasteiger partial charge in [-0.2, -0.15) is 4.57 Å². The molecule has 0 saturated carbocycles. The SMILES string of the molecule is CC1CSc2c(O)ccc[n+]21. The van der Waals surface area contributed by atoms with Gasteiger partial charge in [0.05, 0.1) is 5.75 Å². The standard InChI is InChI=1S/C8H9NOS/c1-6-5-11-8-7(10)3-2-4-9(6)8/h2-4,6H,5H2,1H3/p+1. The molecule has 1 aliphatic rings. The van der Waals surface area contributed by atoms with E-state index >= 15 is 0 Å². The van der Waals surface area contributed by atoms with Crippen molar-refractivity contribution < 1.29 is 9.67 Å². The maximum Gasteiger partial charge on any atom is 0.282 e. The van der Waals surface area contributed by atoms with Crippen LogP contribution in [-0.2, 0) is 0 Å². The lowest BCUT2D eigenvalue weighted by molar-refractivity contribution is -0.744. The van der Waals surface area contributed by atoms with Crippen LogP contribution in [0.2, 0.25) is 0 Å². The van der Waals surface area contributed by atoms with Crippen LogP contribution in [0.3, 0.4) is 0 Å². The fourth-order valence-electron chi connectivity index (χ4n) is 1.27. The van der Waals surface area contributed by atoms with E-state index in [-0.39, 0.29) is 0 Å². The highest BCUT2D eigenvalue weighted by Crippen LogP contribution is 2.31. The van der Waals surface area contributed by atoms with Crippen LogP contribution in [0.25, 0.3) is 0 Å². The van der Waals surface area contributed by atoms with Crippen molar-refractivity contribution in [3.63, 3.8) is 0 Å². The summed E-state index contributed by atoms with van der Waals surface area (Å²) in [5.41, 5.74) is 0. The third kappa shape index (κ3) is 0.997. The van der Waals surface area contributed by atoms with Gasteiger partial charge in [-0.25, -0.2) is 0 Å². The summed E-state index contributed by atoms with van der Waals surface area (Å²) in [4.78, 5) is 0. The average molecular weight is 168 g/mol. The first kappa shape index (κ1) is 6.98. The fourth-order valence-corrected chi connectivity index (χ4v) is 2.44. The number of hydrogen-bond donors (Lipinski definition) is 1. The van der Waals surface area contributed by atoms with Gasteiger partial charge in [0.1, 0.15) is 0 Å². The average Bonchev–Trinajstić information content (AvgIpc) is 2.35. The molecule has 3 heteroatoms. The van der Waals surface area contributed by atoms with Gasteiger partial charge in [-0.05, 0) is 24.8 Å².